The Kier molecular flexibility index (Phi) is 6.33. The number of imide groups is 1. The second-order valence-corrected chi connectivity index (χ2v) is 7.50. The zero-order valence-corrected chi connectivity index (χ0v) is 16.4. The zero-order chi connectivity index (χ0) is 20.2. The van der Waals surface area contributed by atoms with E-state index in [0.29, 0.717) is 17.3 Å². The van der Waals surface area contributed by atoms with Crippen LogP contribution in [-0.4, -0.2) is 28.7 Å². The summed E-state index contributed by atoms with van der Waals surface area (Å²) in [7, 11) is 0. The first-order chi connectivity index (χ1) is 12.7. The highest BCUT2D eigenvalue weighted by Gasteiger charge is 2.40. The van der Waals surface area contributed by atoms with Gasteiger partial charge in [-0.3, -0.25) is 14.4 Å². The Morgan fingerprint density at radius 1 is 1.26 bits per heavy atom. The normalized spacial score (nSPS) is 15.5. The number of hydrogen-bond donors (Lipinski definition) is 1. The molecule has 6 nitrogen and oxygen atoms in total. The summed E-state index contributed by atoms with van der Waals surface area (Å²) in [6.45, 7) is 7.16. The Labute approximate surface area is 163 Å². The molecule has 0 aliphatic carbocycles. The SMILES string of the molecule is CC(=O)N1C(=O)C(c2ccccc2)c2cc(Cl)ncc21.CC(C)(C)NC=O. The minimum absolute atomic E-state index is 0.0677. The van der Waals surface area contributed by atoms with Crippen LogP contribution < -0.4 is 10.2 Å². The first-order valence-corrected chi connectivity index (χ1v) is 8.79. The van der Waals surface area contributed by atoms with E-state index in [0.717, 1.165) is 16.0 Å². The molecule has 142 valence electrons. The zero-order valence-electron chi connectivity index (χ0n) is 15.7. The molecular weight excluding hydrogens is 366 g/mol. The van der Waals surface area contributed by atoms with E-state index in [1.807, 2.05) is 51.1 Å². The van der Waals surface area contributed by atoms with Crippen LogP contribution in [-0.2, 0) is 14.4 Å². The topological polar surface area (TPSA) is 79.4 Å². The predicted molar refractivity (Wildman–Crippen MR) is 105 cm³/mol. The number of fused-ring (bicyclic) bond motifs is 1. The lowest BCUT2D eigenvalue weighted by Gasteiger charge is -2.15. The Morgan fingerprint density at radius 3 is 2.37 bits per heavy atom. The highest BCUT2D eigenvalue weighted by molar-refractivity contribution is 6.30. The molecule has 2 heterocycles. The highest BCUT2D eigenvalue weighted by atomic mass is 35.5. The molecule has 3 amide bonds. The smallest absolute Gasteiger partial charge is 0.245 e. The van der Waals surface area contributed by atoms with Crippen LogP contribution in [0.2, 0.25) is 5.15 Å². The summed E-state index contributed by atoms with van der Waals surface area (Å²) in [5.74, 6) is -1.09. The van der Waals surface area contributed by atoms with Gasteiger partial charge in [0, 0.05) is 12.5 Å². The van der Waals surface area contributed by atoms with Gasteiger partial charge in [0.15, 0.2) is 0 Å². The number of carbonyl (C=O) groups excluding carboxylic acids is 3. The first kappa shape index (κ1) is 20.6. The van der Waals surface area contributed by atoms with Gasteiger partial charge in [0.25, 0.3) is 0 Å². The number of benzene rings is 1. The van der Waals surface area contributed by atoms with E-state index in [2.05, 4.69) is 10.3 Å². The molecule has 0 radical (unpaired) electrons. The quantitative estimate of drug-likeness (QED) is 0.633. The molecule has 0 bridgehead atoms. The maximum atomic E-state index is 12.5. The molecule has 1 aliphatic heterocycles. The Bertz CT molecular complexity index is 847. The molecule has 0 fully saturated rings. The molecule has 1 N–H and O–H groups in total. The maximum Gasteiger partial charge on any atom is 0.245 e. The van der Waals surface area contributed by atoms with Gasteiger partial charge in [-0.05, 0) is 38.0 Å². The first-order valence-electron chi connectivity index (χ1n) is 8.42. The number of anilines is 1. The fourth-order valence-electron chi connectivity index (χ4n) is 2.70. The number of nitrogens with one attached hydrogen (secondary N) is 1. The minimum atomic E-state index is -0.504. The van der Waals surface area contributed by atoms with E-state index in [1.165, 1.54) is 13.1 Å². The number of hydrogen-bond acceptors (Lipinski definition) is 4. The largest absolute Gasteiger partial charge is 0.354 e. The van der Waals surface area contributed by atoms with Crippen molar-refractivity contribution in [2.75, 3.05) is 4.90 Å². The second-order valence-electron chi connectivity index (χ2n) is 7.11. The average Bonchev–Trinajstić information content (AvgIpc) is 2.86. The highest BCUT2D eigenvalue weighted by Crippen LogP contribution is 2.41. The van der Waals surface area contributed by atoms with Crippen LogP contribution in [0.25, 0.3) is 0 Å². The molecule has 0 saturated heterocycles. The van der Waals surface area contributed by atoms with Crippen LogP contribution in [0.4, 0.5) is 5.69 Å². The molecule has 27 heavy (non-hydrogen) atoms. The van der Waals surface area contributed by atoms with Crippen LogP contribution in [0.15, 0.2) is 42.6 Å². The third-order valence-electron chi connectivity index (χ3n) is 3.84. The molecule has 1 aromatic heterocycles. The fraction of sp³-hybridized carbons (Fsp3) is 0.300. The number of rotatable bonds is 2. The van der Waals surface area contributed by atoms with Gasteiger partial charge in [0.2, 0.25) is 18.2 Å². The summed E-state index contributed by atoms with van der Waals surface area (Å²) in [5, 5.41) is 2.91. The third kappa shape index (κ3) is 4.92. The molecule has 0 saturated carbocycles. The monoisotopic (exact) mass is 387 g/mol. The molecule has 1 aliphatic rings. The molecule has 0 spiro atoms. The number of nitrogens with zero attached hydrogens (tertiary/aromatic N) is 2. The molecule has 2 aromatic rings. The van der Waals surface area contributed by atoms with E-state index in [9.17, 15) is 14.4 Å². The Morgan fingerprint density at radius 2 is 1.89 bits per heavy atom. The van der Waals surface area contributed by atoms with Gasteiger partial charge in [-0.2, -0.15) is 0 Å². The van der Waals surface area contributed by atoms with Crippen LogP contribution >= 0.6 is 11.6 Å². The van der Waals surface area contributed by atoms with Crippen LogP contribution in [0, 0.1) is 0 Å². The van der Waals surface area contributed by atoms with Crippen molar-refractivity contribution in [1.82, 2.24) is 10.3 Å². The van der Waals surface area contributed by atoms with E-state index >= 15 is 0 Å². The lowest BCUT2D eigenvalue weighted by molar-refractivity contribution is -0.125. The molecule has 1 unspecified atom stereocenters. The summed E-state index contributed by atoms with van der Waals surface area (Å²) in [4.78, 5) is 39.1. The van der Waals surface area contributed by atoms with Gasteiger partial charge < -0.3 is 5.32 Å². The molecule has 3 rings (SSSR count). The molecular formula is C20H22ClN3O3. The summed E-state index contributed by atoms with van der Waals surface area (Å²) in [5.41, 5.74) is 2.00. The Balaban J connectivity index is 0.000000321. The van der Waals surface area contributed by atoms with Crippen LogP contribution in [0.3, 0.4) is 0 Å². The fourth-order valence-corrected chi connectivity index (χ4v) is 2.87. The summed E-state index contributed by atoms with van der Waals surface area (Å²) in [6, 6.07) is 11.0. The van der Waals surface area contributed by atoms with Crippen molar-refractivity contribution in [2.45, 2.75) is 39.2 Å². The summed E-state index contributed by atoms with van der Waals surface area (Å²) < 4.78 is 0. The molecule has 1 aromatic carbocycles. The summed E-state index contributed by atoms with van der Waals surface area (Å²) >= 11 is 5.93. The van der Waals surface area contributed by atoms with Crippen LogP contribution in [0.5, 0.6) is 0 Å². The minimum Gasteiger partial charge on any atom is -0.354 e. The van der Waals surface area contributed by atoms with Gasteiger partial charge in [-0.1, -0.05) is 41.9 Å². The van der Waals surface area contributed by atoms with Crippen molar-refractivity contribution < 1.29 is 14.4 Å². The molecule has 7 heteroatoms. The average molecular weight is 388 g/mol. The maximum absolute atomic E-state index is 12.5. The van der Waals surface area contributed by atoms with Gasteiger partial charge in [-0.25, -0.2) is 9.88 Å². The number of halogens is 1. The van der Waals surface area contributed by atoms with E-state index < -0.39 is 5.92 Å². The third-order valence-corrected chi connectivity index (χ3v) is 4.05. The second kappa shape index (κ2) is 8.31. The van der Waals surface area contributed by atoms with Gasteiger partial charge >= 0.3 is 0 Å². The van der Waals surface area contributed by atoms with Crippen molar-refractivity contribution >= 4 is 35.5 Å². The lowest BCUT2D eigenvalue weighted by atomic mass is 9.93. The predicted octanol–water partition coefficient (Wildman–Crippen LogP) is 3.29. The number of carbonyl (C=O) groups is 3. The van der Waals surface area contributed by atoms with Crippen molar-refractivity contribution in [3.8, 4) is 0 Å². The molecule has 1 atom stereocenters. The lowest BCUT2D eigenvalue weighted by Crippen LogP contribution is -2.34. The van der Waals surface area contributed by atoms with Crippen molar-refractivity contribution in [3.63, 3.8) is 0 Å². The van der Waals surface area contributed by atoms with Gasteiger partial charge in [0.05, 0.1) is 17.8 Å². The van der Waals surface area contributed by atoms with Crippen molar-refractivity contribution in [2.24, 2.45) is 0 Å². The number of aromatic nitrogens is 1. The number of pyridine rings is 1. The van der Waals surface area contributed by atoms with E-state index in [1.54, 1.807) is 6.07 Å². The van der Waals surface area contributed by atoms with E-state index in [-0.39, 0.29) is 17.4 Å². The van der Waals surface area contributed by atoms with Crippen LogP contribution in [0.1, 0.15) is 44.7 Å². The summed E-state index contributed by atoms with van der Waals surface area (Å²) in [6.07, 6.45) is 2.18. The van der Waals surface area contributed by atoms with E-state index in [4.69, 9.17) is 11.6 Å². The van der Waals surface area contributed by atoms with Gasteiger partial charge in [-0.15, -0.1) is 0 Å². The van der Waals surface area contributed by atoms with Gasteiger partial charge in [0.1, 0.15) is 5.15 Å². The Hall–Kier alpha value is -2.73. The number of amides is 3. The van der Waals surface area contributed by atoms with Crippen molar-refractivity contribution in [3.05, 3.63) is 58.9 Å². The standard InChI is InChI=1S/C15H11ClN2O2.C5H11NO/c1-9(19)18-12-8-17-13(16)7-11(12)14(15(18)20)10-5-3-2-4-6-10;1-5(2,3)6-4-7/h2-8,14H,1H3;4H,1-3H3,(H,6,7). The van der Waals surface area contributed by atoms with Crippen molar-refractivity contribution in [1.29, 1.82) is 0 Å².